The second kappa shape index (κ2) is 5.07. The maximum Gasteiger partial charge on any atom is 0.268 e. The second-order valence-corrected chi connectivity index (χ2v) is 7.06. The van der Waals surface area contributed by atoms with E-state index in [-0.39, 0.29) is 11.0 Å². The first-order chi connectivity index (χ1) is 11.4. The average Bonchev–Trinajstić information content (AvgIpc) is 2.52. The van der Waals surface area contributed by atoms with Crippen molar-refractivity contribution in [3.05, 3.63) is 34.2 Å². The van der Waals surface area contributed by atoms with Gasteiger partial charge < -0.3 is 9.88 Å². The summed E-state index contributed by atoms with van der Waals surface area (Å²) in [7, 11) is 5.53. The second-order valence-electron chi connectivity index (χ2n) is 7.06. The zero-order chi connectivity index (χ0) is 16.9. The Bertz CT molecular complexity index is 899. The maximum atomic E-state index is 13.7. The number of aromatic amines is 1. The van der Waals surface area contributed by atoms with Crippen LogP contribution in [0.4, 0.5) is 10.1 Å². The lowest BCUT2D eigenvalue weighted by atomic mass is 9.49. The van der Waals surface area contributed by atoms with Gasteiger partial charge in [-0.15, -0.1) is 0 Å². The molecule has 2 fully saturated rings. The molecule has 5 nitrogen and oxygen atoms in total. The number of pyridine rings is 2. The van der Waals surface area contributed by atoms with Gasteiger partial charge in [-0.2, -0.15) is 5.26 Å². The van der Waals surface area contributed by atoms with Gasteiger partial charge in [0, 0.05) is 19.3 Å². The monoisotopic (exact) mass is 322 g/mol. The number of piperidine rings is 1. The van der Waals surface area contributed by atoms with Gasteiger partial charge in [0.2, 0.25) is 0 Å². The third kappa shape index (κ3) is 2.29. The highest BCUT2D eigenvalue weighted by Crippen LogP contribution is 2.55. The standard InChI is InChI=1S/C17H16BFN4O/c18-17(19)9-16(10-17)3-6-23(7-4-16)14-11(8-20)15(24)22-12-2-1-5-21-13(12)14/h1-2,5H,3-4,6-7,9-10H2,(H,22,24). The van der Waals surface area contributed by atoms with Crippen molar-refractivity contribution >= 4 is 24.6 Å². The number of nitrogens with one attached hydrogen (secondary N) is 1. The fourth-order valence-corrected chi connectivity index (χ4v) is 4.27. The number of halogens is 1. The highest BCUT2D eigenvalue weighted by Gasteiger charge is 2.52. The van der Waals surface area contributed by atoms with Gasteiger partial charge in [-0.1, -0.05) is 0 Å². The number of aromatic nitrogens is 2. The van der Waals surface area contributed by atoms with E-state index in [1.165, 1.54) is 0 Å². The van der Waals surface area contributed by atoms with E-state index in [0.29, 0.717) is 42.7 Å². The van der Waals surface area contributed by atoms with Gasteiger partial charge in [0.1, 0.15) is 25.0 Å². The number of rotatable bonds is 1. The molecule has 4 rings (SSSR count). The van der Waals surface area contributed by atoms with Crippen molar-refractivity contribution in [2.45, 2.75) is 31.3 Å². The maximum absolute atomic E-state index is 13.7. The number of fused-ring (bicyclic) bond motifs is 1. The van der Waals surface area contributed by atoms with Gasteiger partial charge in [0.15, 0.2) is 0 Å². The SMILES string of the molecule is [B]C1(F)CC2(CCN(c3c(C#N)c(=O)[nH]c4cccnc34)CC2)C1. The van der Waals surface area contributed by atoms with E-state index in [2.05, 4.69) is 9.97 Å². The Morgan fingerprint density at radius 1 is 1.38 bits per heavy atom. The predicted molar refractivity (Wildman–Crippen MR) is 89.8 cm³/mol. The summed E-state index contributed by atoms with van der Waals surface area (Å²) in [5, 5.41) is 9.43. The fourth-order valence-electron chi connectivity index (χ4n) is 4.27. The molecule has 1 spiro atoms. The summed E-state index contributed by atoms with van der Waals surface area (Å²) in [6, 6.07) is 5.53. The molecule has 1 saturated heterocycles. The van der Waals surface area contributed by atoms with Crippen LogP contribution in [0, 0.1) is 16.7 Å². The Kier molecular flexibility index (Phi) is 3.21. The summed E-state index contributed by atoms with van der Waals surface area (Å²) in [6.45, 7) is 1.33. The molecule has 0 unspecified atom stereocenters. The zero-order valence-electron chi connectivity index (χ0n) is 13.2. The van der Waals surface area contributed by atoms with Crippen molar-refractivity contribution in [3.8, 4) is 6.07 Å². The van der Waals surface area contributed by atoms with Crippen molar-refractivity contribution in [1.82, 2.24) is 9.97 Å². The highest BCUT2D eigenvalue weighted by atomic mass is 19.1. The first kappa shape index (κ1) is 15.2. The highest BCUT2D eigenvalue weighted by molar-refractivity contribution is 6.15. The molecular weight excluding hydrogens is 306 g/mol. The largest absolute Gasteiger partial charge is 0.368 e. The van der Waals surface area contributed by atoms with Crippen LogP contribution in [0.15, 0.2) is 23.1 Å². The van der Waals surface area contributed by atoms with Crippen LogP contribution < -0.4 is 10.5 Å². The Balaban J connectivity index is 1.70. The normalized spacial score (nSPS) is 21.4. The van der Waals surface area contributed by atoms with E-state index in [0.717, 1.165) is 12.8 Å². The Hall–Kier alpha value is -2.36. The van der Waals surface area contributed by atoms with Crippen LogP contribution in [0.3, 0.4) is 0 Å². The van der Waals surface area contributed by atoms with Crippen LogP contribution in [-0.4, -0.2) is 36.5 Å². The van der Waals surface area contributed by atoms with E-state index in [1.807, 2.05) is 11.0 Å². The van der Waals surface area contributed by atoms with Crippen LogP contribution in [0.1, 0.15) is 31.2 Å². The minimum atomic E-state index is -1.53. The van der Waals surface area contributed by atoms with Crippen molar-refractivity contribution in [1.29, 1.82) is 5.26 Å². The first-order valence-electron chi connectivity index (χ1n) is 8.07. The lowest BCUT2D eigenvalue weighted by molar-refractivity contribution is -0.0251. The van der Waals surface area contributed by atoms with Crippen LogP contribution in [0.25, 0.3) is 11.0 Å². The lowest BCUT2D eigenvalue weighted by Gasteiger charge is -2.55. The first-order valence-corrected chi connectivity index (χ1v) is 8.07. The van der Waals surface area contributed by atoms with Gasteiger partial charge in [0.05, 0.1) is 16.8 Å². The number of H-pyrrole nitrogens is 1. The Morgan fingerprint density at radius 3 is 2.71 bits per heavy atom. The molecule has 0 aromatic carbocycles. The molecule has 0 bridgehead atoms. The molecular formula is C17H16BFN4O. The molecule has 3 heterocycles. The molecule has 2 aromatic rings. The molecule has 2 aromatic heterocycles. The van der Waals surface area contributed by atoms with E-state index in [1.54, 1.807) is 18.3 Å². The number of hydrogen-bond donors (Lipinski definition) is 1. The quantitative estimate of drug-likeness (QED) is 0.815. The molecule has 1 N–H and O–H groups in total. The van der Waals surface area contributed by atoms with Gasteiger partial charge in [-0.25, -0.2) is 0 Å². The molecule has 2 radical (unpaired) electrons. The van der Waals surface area contributed by atoms with E-state index in [4.69, 9.17) is 7.85 Å². The summed E-state index contributed by atoms with van der Waals surface area (Å²) < 4.78 is 13.7. The molecule has 24 heavy (non-hydrogen) atoms. The minimum absolute atomic E-state index is 0.0305. The van der Waals surface area contributed by atoms with E-state index in [9.17, 15) is 14.4 Å². The van der Waals surface area contributed by atoms with Gasteiger partial charge in [0.25, 0.3) is 5.56 Å². The minimum Gasteiger partial charge on any atom is -0.368 e. The van der Waals surface area contributed by atoms with Crippen LogP contribution in [-0.2, 0) is 0 Å². The van der Waals surface area contributed by atoms with Crippen molar-refractivity contribution < 1.29 is 4.39 Å². The van der Waals surface area contributed by atoms with Crippen LogP contribution in [0.2, 0.25) is 0 Å². The lowest BCUT2D eigenvalue weighted by Crippen LogP contribution is -2.54. The molecule has 1 aliphatic carbocycles. The zero-order valence-corrected chi connectivity index (χ0v) is 13.2. The average molecular weight is 322 g/mol. The summed E-state index contributed by atoms with van der Waals surface area (Å²) in [4.78, 5) is 21.3. The molecule has 1 saturated carbocycles. The van der Waals surface area contributed by atoms with Gasteiger partial charge >= 0.3 is 0 Å². The summed E-state index contributed by atoms with van der Waals surface area (Å²) >= 11 is 0. The van der Waals surface area contributed by atoms with Crippen LogP contribution >= 0.6 is 0 Å². The third-order valence-corrected chi connectivity index (χ3v) is 5.33. The Morgan fingerprint density at radius 2 is 2.08 bits per heavy atom. The Labute approximate surface area is 139 Å². The number of hydrogen-bond acceptors (Lipinski definition) is 4. The van der Waals surface area contributed by atoms with Crippen molar-refractivity contribution in [2.75, 3.05) is 18.0 Å². The predicted octanol–water partition coefficient (Wildman–Crippen LogP) is 2.01. The van der Waals surface area contributed by atoms with Crippen molar-refractivity contribution in [2.24, 2.45) is 5.41 Å². The van der Waals surface area contributed by atoms with Gasteiger partial charge in [-0.3, -0.25) is 14.2 Å². The summed E-state index contributed by atoms with van der Waals surface area (Å²) in [5.41, 5.74) is -0.0477. The van der Waals surface area contributed by atoms with Crippen molar-refractivity contribution in [3.63, 3.8) is 0 Å². The van der Waals surface area contributed by atoms with E-state index >= 15 is 0 Å². The fraction of sp³-hybridized carbons (Fsp3) is 0.471. The third-order valence-electron chi connectivity index (χ3n) is 5.33. The smallest absolute Gasteiger partial charge is 0.268 e. The molecule has 0 amide bonds. The molecule has 120 valence electrons. The molecule has 1 aliphatic heterocycles. The van der Waals surface area contributed by atoms with Gasteiger partial charge in [-0.05, 0) is 43.2 Å². The number of nitrogens with zero attached hydrogens (tertiary/aromatic N) is 3. The molecule has 2 aliphatic rings. The topological polar surface area (TPSA) is 72.8 Å². The van der Waals surface area contributed by atoms with E-state index < -0.39 is 11.1 Å². The van der Waals surface area contributed by atoms with Crippen LogP contribution in [0.5, 0.6) is 0 Å². The summed E-state index contributed by atoms with van der Waals surface area (Å²) in [6.07, 6.45) is 4.05. The molecule has 0 atom stereocenters. The summed E-state index contributed by atoms with van der Waals surface area (Å²) in [5.74, 6) is 0. The number of nitriles is 1. The number of anilines is 1. The molecule has 7 heteroatoms. The number of alkyl halides is 1.